The van der Waals surface area contributed by atoms with Gasteiger partial charge in [0.1, 0.15) is 11.6 Å². The predicted octanol–water partition coefficient (Wildman–Crippen LogP) is 3.57. The van der Waals surface area contributed by atoms with Crippen molar-refractivity contribution in [3.05, 3.63) is 35.4 Å². The summed E-state index contributed by atoms with van der Waals surface area (Å²) in [5.41, 5.74) is 0.0535. The second-order valence-electron chi connectivity index (χ2n) is 4.89. The van der Waals surface area contributed by atoms with Crippen LogP contribution in [0, 0.1) is 11.6 Å². The molecule has 1 N–H and O–H groups in total. The zero-order valence-electron chi connectivity index (χ0n) is 11.5. The molecule has 0 fully saturated rings. The number of carbonyl (C=O) groups is 1. The number of hydrogen-bond acceptors (Lipinski definition) is 3. The second-order valence-corrected chi connectivity index (χ2v) is 6.29. The number of aliphatic imine (C=N–C) groups is 1. The van der Waals surface area contributed by atoms with Crippen molar-refractivity contribution in [2.75, 3.05) is 0 Å². The molecule has 0 saturated carbocycles. The molecule has 1 aliphatic heterocycles. The van der Waals surface area contributed by atoms with Gasteiger partial charge in [-0.15, -0.1) is 0 Å². The first-order valence-corrected chi connectivity index (χ1v) is 6.96. The minimum absolute atomic E-state index is 0.0535. The molecule has 3 nitrogen and oxygen atoms in total. The van der Waals surface area contributed by atoms with Crippen LogP contribution in [0.3, 0.4) is 0 Å². The lowest BCUT2D eigenvalue weighted by atomic mass is 10.1. The molecule has 2 rings (SSSR count). The van der Waals surface area contributed by atoms with Gasteiger partial charge in [-0.05, 0) is 19.9 Å². The summed E-state index contributed by atoms with van der Waals surface area (Å²) in [6, 6.07) is 2.09. The van der Waals surface area contributed by atoms with E-state index in [-0.39, 0.29) is 22.5 Å². The highest BCUT2D eigenvalue weighted by molar-refractivity contribution is 8.16. The molecule has 0 saturated heterocycles. The quantitative estimate of drug-likeness (QED) is 0.839. The van der Waals surface area contributed by atoms with E-state index in [1.807, 2.05) is 0 Å². The van der Waals surface area contributed by atoms with Crippen molar-refractivity contribution in [3.8, 4) is 0 Å². The predicted molar refractivity (Wildman–Crippen MR) is 72.4 cm³/mol. The summed E-state index contributed by atoms with van der Waals surface area (Å²) < 4.78 is 62.5. The minimum atomic E-state index is -4.76. The number of benzene rings is 1. The zero-order chi connectivity index (χ0) is 16.7. The third kappa shape index (κ3) is 2.94. The van der Waals surface area contributed by atoms with E-state index < -0.39 is 34.5 Å². The summed E-state index contributed by atoms with van der Waals surface area (Å²) in [5, 5.41) is 2.29. The number of alkyl halides is 3. The molecule has 1 aliphatic rings. The molecule has 1 aromatic rings. The fourth-order valence-electron chi connectivity index (χ4n) is 1.82. The molecule has 1 amide bonds. The van der Waals surface area contributed by atoms with Gasteiger partial charge in [0.05, 0.1) is 6.04 Å². The summed E-state index contributed by atoms with van der Waals surface area (Å²) in [6.45, 7) is 2.20. The number of amides is 1. The van der Waals surface area contributed by atoms with Gasteiger partial charge in [0.15, 0.2) is 9.91 Å². The SMILES string of the molecule is C[C@H](NC1=NC(=O)C(C)(C(F)(F)F)S1)c1ccc(F)cc1F. The standard InChI is InChI=1S/C13H11F5N2OS/c1-6(8-4-3-7(14)5-9(8)15)19-11-20-10(21)12(2,22-11)13(16,17)18/h3-6H,1-2H3,(H,19,20,21)/t6-,12?/m0/s1. The molecule has 0 aromatic heterocycles. The fourth-order valence-corrected chi connectivity index (χ4v) is 2.81. The molecule has 1 aromatic carbocycles. The molecule has 0 bridgehead atoms. The molecule has 0 spiro atoms. The van der Waals surface area contributed by atoms with Gasteiger partial charge in [0.25, 0.3) is 5.91 Å². The number of halogens is 5. The summed E-state index contributed by atoms with van der Waals surface area (Å²) in [6.07, 6.45) is -4.76. The Morgan fingerprint density at radius 2 is 1.95 bits per heavy atom. The highest BCUT2D eigenvalue weighted by Crippen LogP contribution is 2.46. The number of hydrogen-bond donors (Lipinski definition) is 1. The van der Waals surface area contributed by atoms with Gasteiger partial charge in [-0.2, -0.15) is 18.2 Å². The number of nitrogens with zero attached hydrogens (tertiary/aromatic N) is 1. The van der Waals surface area contributed by atoms with E-state index >= 15 is 0 Å². The lowest BCUT2D eigenvalue weighted by Gasteiger charge is -2.23. The number of amidine groups is 1. The maximum Gasteiger partial charge on any atom is 0.412 e. The van der Waals surface area contributed by atoms with Crippen molar-refractivity contribution in [1.29, 1.82) is 0 Å². The highest BCUT2D eigenvalue weighted by Gasteiger charge is 2.61. The van der Waals surface area contributed by atoms with E-state index in [9.17, 15) is 26.7 Å². The van der Waals surface area contributed by atoms with E-state index in [0.717, 1.165) is 13.0 Å². The van der Waals surface area contributed by atoms with Crippen molar-refractivity contribution in [3.63, 3.8) is 0 Å². The number of thioether (sulfide) groups is 1. The summed E-state index contributed by atoms with van der Waals surface area (Å²) in [4.78, 5) is 14.8. The molecule has 0 aliphatic carbocycles. The Labute approximate surface area is 127 Å². The van der Waals surface area contributed by atoms with E-state index in [1.54, 1.807) is 0 Å². The Morgan fingerprint density at radius 3 is 2.45 bits per heavy atom. The Kier molecular flexibility index (Phi) is 4.20. The first kappa shape index (κ1) is 16.7. The average Bonchev–Trinajstić information content (AvgIpc) is 2.64. The largest absolute Gasteiger partial charge is 0.412 e. The number of rotatable bonds is 2. The molecule has 22 heavy (non-hydrogen) atoms. The Hall–Kier alpha value is -1.64. The maximum absolute atomic E-state index is 13.6. The van der Waals surface area contributed by atoms with Crippen LogP contribution in [-0.4, -0.2) is 22.0 Å². The fraction of sp³-hybridized carbons (Fsp3) is 0.385. The lowest BCUT2D eigenvalue weighted by molar-refractivity contribution is -0.165. The summed E-state index contributed by atoms with van der Waals surface area (Å²) >= 11 is 0.228. The van der Waals surface area contributed by atoms with Crippen molar-refractivity contribution < 1.29 is 26.7 Å². The Morgan fingerprint density at radius 1 is 1.32 bits per heavy atom. The van der Waals surface area contributed by atoms with Crippen LogP contribution in [0.2, 0.25) is 0 Å². The van der Waals surface area contributed by atoms with Crippen LogP contribution in [0.25, 0.3) is 0 Å². The molecule has 1 heterocycles. The van der Waals surface area contributed by atoms with Crippen molar-refractivity contribution in [1.82, 2.24) is 5.32 Å². The molecule has 120 valence electrons. The van der Waals surface area contributed by atoms with Crippen LogP contribution in [0.4, 0.5) is 22.0 Å². The van der Waals surface area contributed by atoms with Crippen molar-refractivity contribution in [2.24, 2.45) is 4.99 Å². The monoisotopic (exact) mass is 338 g/mol. The van der Waals surface area contributed by atoms with Gasteiger partial charge < -0.3 is 5.32 Å². The topological polar surface area (TPSA) is 41.5 Å². The second kappa shape index (κ2) is 5.53. The van der Waals surface area contributed by atoms with Crippen LogP contribution >= 0.6 is 11.8 Å². The molecule has 1 unspecified atom stereocenters. The highest BCUT2D eigenvalue weighted by atomic mass is 32.2. The normalized spacial score (nSPS) is 23.4. The van der Waals surface area contributed by atoms with Crippen LogP contribution in [0.1, 0.15) is 25.5 Å². The third-order valence-electron chi connectivity index (χ3n) is 3.22. The van der Waals surface area contributed by atoms with Gasteiger partial charge in [-0.25, -0.2) is 8.78 Å². The summed E-state index contributed by atoms with van der Waals surface area (Å²) in [7, 11) is 0. The van der Waals surface area contributed by atoms with Gasteiger partial charge in [0.2, 0.25) is 0 Å². The van der Waals surface area contributed by atoms with Crippen LogP contribution in [0.15, 0.2) is 23.2 Å². The van der Waals surface area contributed by atoms with Gasteiger partial charge in [0, 0.05) is 11.6 Å². The first-order valence-electron chi connectivity index (χ1n) is 6.15. The summed E-state index contributed by atoms with van der Waals surface area (Å²) in [5.74, 6) is -2.92. The zero-order valence-corrected chi connectivity index (χ0v) is 12.3. The van der Waals surface area contributed by atoms with Gasteiger partial charge in [-0.1, -0.05) is 17.8 Å². The Balaban J connectivity index is 2.15. The van der Waals surface area contributed by atoms with Crippen LogP contribution in [-0.2, 0) is 4.79 Å². The molecule has 0 radical (unpaired) electrons. The Bertz CT molecular complexity index is 646. The van der Waals surface area contributed by atoms with Crippen molar-refractivity contribution >= 4 is 22.8 Å². The van der Waals surface area contributed by atoms with Gasteiger partial charge in [-0.3, -0.25) is 4.79 Å². The van der Waals surface area contributed by atoms with Crippen LogP contribution in [0.5, 0.6) is 0 Å². The molecular formula is C13H11F5N2OS. The van der Waals surface area contributed by atoms with E-state index in [0.29, 0.717) is 6.07 Å². The number of carbonyl (C=O) groups excluding carboxylic acids is 1. The molecule has 2 atom stereocenters. The van der Waals surface area contributed by atoms with Crippen LogP contribution < -0.4 is 5.32 Å². The minimum Gasteiger partial charge on any atom is -0.358 e. The molecule has 9 heteroatoms. The first-order chi connectivity index (χ1) is 10.0. The van der Waals surface area contributed by atoms with Crippen molar-refractivity contribution in [2.45, 2.75) is 30.8 Å². The molecular weight excluding hydrogens is 327 g/mol. The van der Waals surface area contributed by atoms with E-state index in [4.69, 9.17) is 0 Å². The van der Waals surface area contributed by atoms with E-state index in [2.05, 4.69) is 10.3 Å². The lowest BCUT2D eigenvalue weighted by Crippen LogP contribution is -2.44. The van der Waals surface area contributed by atoms with E-state index in [1.165, 1.54) is 13.0 Å². The third-order valence-corrected chi connectivity index (χ3v) is 4.44. The average molecular weight is 338 g/mol. The number of nitrogens with one attached hydrogen (secondary N) is 1. The van der Waals surface area contributed by atoms with Gasteiger partial charge >= 0.3 is 6.18 Å². The maximum atomic E-state index is 13.6. The smallest absolute Gasteiger partial charge is 0.358 e.